The minimum absolute atomic E-state index is 0.0693. The van der Waals surface area contributed by atoms with E-state index in [0.717, 1.165) is 11.3 Å². The molecule has 0 radical (unpaired) electrons. The van der Waals surface area contributed by atoms with Crippen LogP contribution in [0.15, 0.2) is 42.6 Å². The number of pyridine rings is 1. The summed E-state index contributed by atoms with van der Waals surface area (Å²) in [4.78, 5) is 20.9. The number of halogens is 1. The number of ether oxygens (including phenoxy) is 1. The van der Waals surface area contributed by atoms with Gasteiger partial charge in [0.25, 0.3) is 5.91 Å². The lowest BCUT2D eigenvalue weighted by Gasteiger charge is -2.11. The summed E-state index contributed by atoms with van der Waals surface area (Å²) in [7, 11) is 0. The number of nitrogen functional groups attached to an aromatic ring is 1. The summed E-state index contributed by atoms with van der Waals surface area (Å²) in [6.07, 6.45) is 1.54. The molecule has 0 aliphatic rings. The van der Waals surface area contributed by atoms with Crippen LogP contribution in [0.5, 0.6) is 11.6 Å². The van der Waals surface area contributed by atoms with Crippen LogP contribution in [-0.4, -0.2) is 15.9 Å². The van der Waals surface area contributed by atoms with E-state index in [1.54, 1.807) is 31.2 Å². The van der Waals surface area contributed by atoms with E-state index in [1.165, 1.54) is 18.3 Å². The molecule has 0 unspecified atom stereocenters. The summed E-state index contributed by atoms with van der Waals surface area (Å²) in [6.45, 7) is 1.90. The number of hydrogen-bond donors (Lipinski definition) is 2. The van der Waals surface area contributed by atoms with E-state index < -0.39 is 5.82 Å². The predicted octanol–water partition coefficient (Wildman–Crippen LogP) is 3.29. The van der Waals surface area contributed by atoms with Gasteiger partial charge in [-0.1, -0.05) is 29.5 Å². The number of para-hydroxylation sites is 1. The van der Waals surface area contributed by atoms with Crippen molar-refractivity contribution in [2.24, 2.45) is 0 Å². The van der Waals surface area contributed by atoms with Gasteiger partial charge in [-0.05, 0) is 25.1 Å². The highest BCUT2D eigenvalue weighted by Gasteiger charge is 2.15. The van der Waals surface area contributed by atoms with Crippen molar-refractivity contribution >= 4 is 22.4 Å². The van der Waals surface area contributed by atoms with Crippen molar-refractivity contribution in [2.45, 2.75) is 13.5 Å². The Kier molecular flexibility index (Phi) is 4.90. The molecule has 0 fully saturated rings. The van der Waals surface area contributed by atoms with Crippen LogP contribution in [0.25, 0.3) is 0 Å². The molecule has 3 rings (SSSR count). The largest absolute Gasteiger partial charge is 0.436 e. The quantitative estimate of drug-likeness (QED) is 0.730. The predicted molar refractivity (Wildman–Crippen MR) is 93.1 cm³/mol. The standard InChI is InChI=1S/C17H15FN4O2S/c1-10-14(25-17(19)22-10)15(23)21-9-11-5-4-8-20-16(11)24-13-7-3-2-6-12(13)18/h2-8H,9H2,1H3,(H2,19,22)(H,21,23). The van der Waals surface area contributed by atoms with Gasteiger partial charge in [0.05, 0.1) is 5.69 Å². The number of carbonyl (C=O) groups is 1. The normalized spacial score (nSPS) is 10.5. The van der Waals surface area contributed by atoms with E-state index in [2.05, 4.69) is 15.3 Å². The molecule has 128 valence electrons. The molecule has 0 saturated carbocycles. The van der Waals surface area contributed by atoms with Crippen molar-refractivity contribution in [1.29, 1.82) is 0 Å². The van der Waals surface area contributed by atoms with Crippen molar-refractivity contribution < 1.29 is 13.9 Å². The maximum Gasteiger partial charge on any atom is 0.263 e. The first kappa shape index (κ1) is 16.8. The minimum Gasteiger partial charge on any atom is -0.436 e. The first-order valence-electron chi connectivity index (χ1n) is 7.42. The van der Waals surface area contributed by atoms with Gasteiger partial charge >= 0.3 is 0 Å². The number of thiazole rings is 1. The molecular formula is C17H15FN4O2S. The van der Waals surface area contributed by atoms with Crippen LogP contribution in [0.3, 0.4) is 0 Å². The van der Waals surface area contributed by atoms with Crippen LogP contribution < -0.4 is 15.8 Å². The number of nitrogens with one attached hydrogen (secondary N) is 1. The van der Waals surface area contributed by atoms with Gasteiger partial charge in [-0.15, -0.1) is 0 Å². The Hall–Kier alpha value is -3.00. The highest BCUT2D eigenvalue weighted by Crippen LogP contribution is 2.25. The van der Waals surface area contributed by atoms with E-state index in [-0.39, 0.29) is 24.1 Å². The summed E-state index contributed by atoms with van der Waals surface area (Å²) in [5, 5.41) is 3.11. The van der Waals surface area contributed by atoms with Crippen LogP contribution in [0.1, 0.15) is 20.9 Å². The second-order valence-corrected chi connectivity index (χ2v) is 6.18. The van der Waals surface area contributed by atoms with Crippen molar-refractivity contribution in [1.82, 2.24) is 15.3 Å². The Labute approximate surface area is 147 Å². The van der Waals surface area contributed by atoms with E-state index in [9.17, 15) is 9.18 Å². The van der Waals surface area contributed by atoms with Gasteiger partial charge in [0, 0.05) is 18.3 Å². The van der Waals surface area contributed by atoms with Gasteiger partial charge in [-0.2, -0.15) is 0 Å². The molecule has 0 bridgehead atoms. The zero-order chi connectivity index (χ0) is 17.8. The first-order chi connectivity index (χ1) is 12.0. The molecule has 0 spiro atoms. The average molecular weight is 358 g/mol. The summed E-state index contributed by atoms with van der Waals surface area (Å²) < 4.78 is 19.3. The van der Waals surface area contributed by atoms with E-state index in [1.807, 2.05) is 0 Å². The number of carbonyl (C=O) groups excluding carboxylic acids is 1. The number of rotatable bonds is 5. The maximum atomic E-state index is 13.7. The van der Waals surface area contributed by atoms with Crippen LogP contribution in [0.4, 0.5) is 9.52 Å². The fourth-order valence-electron chi connectivity index (χ4n) is 2.17. The van der Waals surface area contributed by atoms with E-state index >= 15 is 0 Å². The third-order valence-electron chi connectivity index (χ3n) is 3.35. The number of anilines is 1. The van der Waals surface area contributed by atoms with Gasteiger partial charge in [0.2, 0.25) is 5.88 Å². The molecule has 1 amide bonds. The number of amides is 1. The smallest absolute Gasteiger partial charge is 0.263 e. The number of aromatic nitrogens is 2. The third kappa shape index (κ3) is 3.92. The fraction of sp³-hybridized carbons (Fsp3) is 0.118. The monoisotopic (exact) mass is 358 g/mol. The topological polar surface area (TPSA) is 90.1 Å². The van der Waals surface area contributed by atoms with Crippen LogP contribution in [-0.2, 0) is 6.54 Å². The van der Waals surface area contributed by atoms with Gasteiger partial charge in [0.15, 0.2) is 16.7 Å². The van der Waals surface area contributed by atoms with E-state index in [4.69, 9.17) is 10.5 Å². The number of benzene rings is 1. The van der Waals surface area contributed by atoms with Gasteiger partial charge < -0.3 is 15.8 Å². The first-order valence-corrected chi connectivity index (χ1v) is 8.23. The number of nitrogens with two attached hydrogens (primary N) is 1. The maximum absolute atomic E-state index is 13.7. The second-order valence-electron chi connectivity index (χ2n) is 5.15. The summed E-state index contributed by atoms with van der Waals surface area (Å²) in [5.41, 5.74) is 6.81. The molecule has 3 aromatic rings. The molecule has 6 nitrogen and oxygen atoms in total. The van der Waals surface area contributed by atoms with Crippen molar-refractivity contribution in [3.05, 3.63) is 64.5 Å². The van der Waals surface area contributed by atoms with Crippen molar-refractivity contribution in [3.63, 3.8) is 0 Å². The summed E-state index contributed by atoms with van der Waals surface area (Å²) in [6, 6.07) is 9.51. The number of nitrogens with zero attached hydrogens (tertiary/aromatic N) is 2. The fourth-order valence-corrected chi connectivity index (χ4v) is 2.92. The number of hydrogen-bond acceptors (Lipinski definition) is 6. The molecular weight excluding hydrogens is 343 g/mol. The molecule has 25 heavy (non-hydrogen) atoms. The minimum atomic E-state index is -0.487. The highest BCUT2D eigenvalue weighted by molar-refractivity contribution is 7.17. The Morgan fingerprint density at radius 1 is 1.32 bits per heavy atom. The molecule has 0 aliphatic heterocycles. The molecule has 1 aromatic carbocycles. The van der Waals surface area contributed by atoms with Crippen LogP contribution >= 0.6 is 11.3 Å². The number of aryl methyl sites for hydroxylation is 1. The van der Waals surface area contributed by atoms with Crippen molar-refractivity contribution in [2.75, 3.05) is 5.73 Å². The molecule has 2 heterocycles. The van der Waals surface area contributed by atoms with Gasteiger partial charge in [-0.25, -0.2) is 14.4 Å². The highest BCUT2D eigenvalue weighted by atomic mass is 32.1. The van der Waals surface area contributed by atoms with Crippen molar-refractivity contribution in [3.8, 4) is 11.6 Å². The summed E-state index contributed by atoms with van der Waals surface area (Å²) in [5.74, 6) is -0.473. The Balaban J connectivity index is 1.74. The third-order valence-corrected chi connectivity index (χ3v) is 4.34. The molecule has 0 atom stereocenters. The zero-order valence-corrected chi connectivity index (χ0v) is 14.1. The Morgan fingerprint density at radius 2 is 2.12 bits per heavy atom. The lowest BCUT2D eigenvalue weighted by atomic mass is 10.2. The zero-order valence-electron chi connectivity index (χ0n) is 13.3. The van der Waals surface area contributed by atoms with E-state index in [0.29, 0.717) is 21.3 Å². The Bertz CT molecular complexity index is 913. The average Bonchev–Trinajstić information content (AvgIpc) is 2.94. The molecule has 8 heteroatoms. The van der Waals surface area contributed by atoms with Crippen LogP contribution in [0, 0.1) is 12.7 Å². The molecule has 3 N–H and O–H groups in total. The lowest BCUT2D eigenvalue weighted by molar-refractivity contribution is 0.0954. The molecule has 0 saturated heterocycles. The summed E-state index contributed by atoms with van der Waals surface area (Å²) >= 11 is 1.12. The molecule has 0 aliphatic carbocycles. The van der Waals surface area contributed by atoms with Gasteiger partial charge in [0.1, 0.15) is 4.88 Å². The lowest BCUT2D eigenvalue weighted by Crippen LogP contribution is -2.23. The SMILES string of the molecule is Cc1nc(N)sc1C(=O)NCc1cccnc1Oc1ccccc1F. The molecule has 2 aromatic heterocycles. The van der Waals surface area contributed by atoms with Crippen LogP contribution in [0.2, 0.25) is 0 Å². The Morgan fingerprint density at radius 3 is 2.84 bits per heavy atom. The van der Waals surface area contributed by atoms with Gasteiger partial charge in [-0.3, -0.25) is 4.79 Å². The second kappa shape index (κ2) is 7.27.